The van der Waals surface area contributed by atoms with Crippen molar-refractivity contribution >= 4 is 11.5 Å². The molecule has 2 aliphatic carbocycles. The molecule has 0 spiro atoms. The van der Waals surface area contributed by atoms with Gasteiger partial charge in [-0.15, -0.1) is 0 Å². The van der Waals surface area contributed by atoms with Crippen molar-refractivity contribution in [3.63, 3.8) is 0 Å². The summed E-state index contributed by atoms with van der Waals surface area (Å²) >= 11 is 0. The Morgan fingerprint density at radius 1 is 1.36 bits per heavy atom. The number of methoxy groups -OCH3 is 2. The fourth-order valence-corrected chi connectivity index (χ4v) is 2.74. The maximum absolute atomic E-state index is 11.7. The second-order valence-corrected chi connectivity index (χ2v) is 3.66. The third kappa shape index (κ3) is 0.861. The van der Waals surface area contributed by atoms with Crippen molar-refractivity contribution in [1.29, 1.82) is 0 Å². The zero-order valence-corrected chi connectivity index (χ0v) is 8.19. The molecule has 78 valence electrons. The van der Waals surface area contributed by atoms with Gasteiger partial charge in [0.2, 0.25) is 0 Å². The van der Waals surface area contributed by atoms with Crippen LogP contribution in [0.15, 0.2) is 5.16 Å². The summed E-state index contributed by atoms with van der Waals surface area (Å²) in [5.41, 5.74) is 0.199. The molecule has 2 aliphatic rings. The van der Waals surface area contributed by atoms with E-state index in [1.807, 2.05) is 0 Å². The van der Waals surface area contributed by atoms with Crippen LogP contribution in [0.4, 0.5) is 0 Å². The van der Waals surface area contributed by atoms with Gasteiger partial charge in [0.15, 0.2) is 11.6 Å². The van der Waals surface area contributed by atoms with E-state index >= 15 is 0 Å². The van der Waals surface area contributed by atoms with Gasteiger partial charge < -0.3 is 14.7 Å². The number of carbonyl (C=O) groups is 1. The average molecular weight is 199 g/mol. The second-order valence-electron chi connectivity index (χ2n) is 3.66. The largest absolute Gasteiger partial charge is 0.411 e. The normalized spacial score (nSPS) is 37.0. The van der Waals surface area contributed by atoms with E-state index in [0.29, 0.717) is 0 Å². The molecule has 2 fully saturated rings. The van der Waals surface area contributed by atoms with Gasteiger partial charge in [0.05, 0.1) is 11.8 Å². The highest BCUT2D eigenvalue weighted by atomic mass is 16.7. The smallest absolute Gasteiger partial charge is 0.189 e. The number of Topliss-reactive ketones (excluding diaryl/α,β-unsaturated/α-hetero) is 1. The van der Waals surface area contributed by atoms with Crippen LogP contribution in [0, 0.1) is 11.8 Å². The van der Waals surface area contributed by atoms with E-state index in [1.165, 1.54) is 14.2 Å². The van der Waals surface area contributed by atoms with E-state index in [2.05, 4.69) is 5.16 Å². The Morgan fingerprint density at radius 2 is 1.93 bits per heavy atom. The first-order valence-corrected chi connectivity index (χ1v) is 4.57. The number of hydrogen-bond acceptors (Lipinski definition) is 5. The van der Waals surface area contributed by atoms with Crippen LogP contribution in [0.3, 0.4) is 0 Å². The maximum atomic E-state index is 11.7. The van der Waals surface area contributed by atoms with Crippen molar-refractivity contribution in [2.45, 2.75) is 18.6 Å². The van der Waals surface area contributed by atoms with Crippen LogP contribution >= 0.6 is 0 Å². The molecule has 0 unspecified atom stereocenters. The monoisotopic (exact) mass is 199 g/mol. The summed E-state index contributed by atoms with van der Waals surface area (Å²) in [6, 6.07) is 0. The summed E-state index contributed by atoms with van der Waals surface area (Å²) < 4.78 is 10.6. The number of carbonyl (C=O) groups excluding carboxylic acids is 1. The van der Waals surface area contributed by atoms with Gasteiger partial charge in [-0.3, -0.25) is 4.79 Å². The summed E-state index contributed by atoms with van der Waals surface area (Å²) in [4.78, 5) is 11.7. The minimum Gasteiger partial charge on any atom is -0.411 e. The molecule has 0 aromatic heterocycles. The summed E-state index contributed by atoms with van der Waals surface area (Å²) in [5, 5.41) is 11.8. The van der Waals surface area contributed by atoms with Gasteiger partial charge in [-0.2, -0.15) is 0 Å². The molecule has 0 saturated heterocycles. The molecule has 2 atom stereocenters. The van der Waals surface area contributed by atoms with Gasteiger partial charge >= 0.3 is 0 Å². The van der Waals surface area contributed by atoms with Crippen LogP contribution in [0.2, 0.25) is 0 Å². The van der Waals surface area contributed by atoms with Crippen molar-refractivity contribution in [3.05, 3.63) is 0 Å². The molecule has 5 heteroatoms. The van der Waals surface area contributed by atoms with E-state index < -0.39 is 5.79 Å². The Hall–Kier alpha value is -0.940. The fourth-order valence-electron chi connectivity index (χ4n) is 2.74. The first-order valence-electron chi connectivity index (χ1n) is 4.57. The Bertz CT molecular complexity index is 295. The van der Waals surface area contributed by atoms with Crippen molar-refractivity contribution in [2.24, 2.45) is 17.0 Å². The van der Waals surface area contributed by atoms with Crippen LogP contribution in [-0.4, -0.2) is 36.7 Å². The molecular weight excluding hydrogens is 186 g/mol. The summed E-state index contributed by atoms with van der Waals surface area (Å²) in [6.45, 7) is 0. The second kappa shape index (κ2) is 3.03. The predicted molar refractivity (Wildman–Crippen MR) is 47.2 cm³/mol. The quantitative estimate of drug-likeness (QED) is 0.397. The van der Waals surface area contributed by atoms with E-state index in [4.69, 9.17) is 14.7 Å². The minimum absolute atomic E-state index is 0.146. The lowest BCUT2D eigenvalue weighted by Crippen LogP contribution is -2.40. The van der Waals surface area contributed by atoms with Crippen molar-refractivity contribution in [1.82, 2.24) is 0 Å². The summed E-state index contributed by atoms with van der Waals surface area (Å²) in [7, 11) is 3.03. The molecule has 5 nitrogen and oxygen atoms in total. The molecule has 0 aliphatic heterocycles. The molecule has 0 amide bonds. The molecule has 0 aromatic carbocycles. The van der Waals surface area contributed by atoms with Crippen LogP contribution in [0.25, 0.3) is 0 Å². The number of oxime groups is 1. The third-order valence-corrected chi connectivity index (χ3v) is 3.36. The minimum atomic E-state index is -0.890. The van der Waals surface area contributed by atoms with Gasteiger partial charge in [-0.25, -0.2) is 0 Å². The molecule has 2 saturated carbocycles. The lowest BCUT2D eigenvalue weighted by molar-refractivity contribution is -0.228. The summed E-state index contributed by atoms with van der Waals surface area (Å²) in [5.74, 6) is -1.57. The molecule has 0 heterocycles. The van der Waals surface area contributed by atoms with E-state index in [1.54, 1.807) is 0 Å². The number of fused-ring (bicyclic) bond motifs is 2. The fraction of sp³-hybridized carbons (Fsp3) is 0.778. The molecule has 1 N–H and O–H groups in total. The Morgan fingerprint density at radius 3 is 2.29 bits per heavy atom. The highest BCUT2D eigenvalue weighted by molar-refractivity contribution is 6.44. The molecule has 0 radical (unpaired) electrons. The zero-order chi connectivity index (χ0) is 10.3. The van der Waals surface area contributed by atoms with Crippen molar-refractivity contribution in [3.8, 4) is 0 Å². The number of nitrogens with zero attached hydrogens (tertiary/aromatic N) is 1. The van der Waals surface area contributed by atoms with E-state index in [-0.39, 0.29) is 23.3 Å². The van der Waals surface area contributed by atoms with Crippen LogP contribution in [0.5, 0.6) is 0 Å². The zero-order valence-electron chi connectivity index (χ0n) is 8.19. The van der Waals surface area contributed by atoms with Crippen LogP contribution < -0.4 is 0 Å². The highest BCUT2D eigenvalue weighted by Crippen LogP contribution is 2.50. The van der Waals surface area contributed by atoms with Gasteiger partial charge in [-0.05, 0) is 12.8 Å². The van der Waals surface area contributed by atoms with Gasteiger partial charge in [0.25, 0.3) is 0 Å². The molecule has 14 heavy (non-hydrogen) atoms. The SMILES string of the molecule is COC1(OC)[C@@H]2CC[C@H]1/C(=N/O)C2=O. The maximum Gasteiger partial charge on any atom is 0.189 e. The number of ketones is 1. The summed E-state index contributed by atoms with van der Waals surface area (Å²) in [6.07, 6.45) is 1.52. The number of rotatable bonds is 2. The predicted octanol–water partition coefficient (Wildman–Crippen LogP) is 0.415. The standard InChI is InChI=1S/C9H13NO4/c1-13-9(14-2)5-3-4-6(9)8(11)7(5)10-12/h5-6,12H,3-4H2,1-2H3/b10-7-/t5-,6+/m0/s1. The Labute approximate surface area is 81.7 Å². The van der Waals surface area contributed by atoms with E-state index in [0.717, 1.165) is 12.8 Å². The Balaban J connectivity index is 2.45. The van der Waals surface area contributed by atoms with Crippen LogP contribution in [-0.2, 0) is 14.3 Å². The lowest BCUT2D eigenvalue weighted by Gasteiger charge is -2.29. The van der Waals surface area contributed by atoms with E-state index in [9.17, 15) is 4.79 Å². The first kappa shape index (κ1) is 9.61. The molecule has 2 bridgehead atoms. The van der Waals surface area contributed by atoms with Gasteiger partial charge in [0.1, 0.15) is 5.71 Å². The molecule has 0 aromatic rings. The third-order valence-electron chi connectivity index (χ3n) is 3.36. The highest BCUT2D eigenvalue weighted by Gasteiger charge is 2.64. The molecular formula is C9H13NO4. The number of ether oxygens (including phenoxy) is 2. The first-order chi connectivity index (χ1) is 6.71. The van der Waals surface area contributed by atoms with Crippen molar-refractivity contribution < 1.29 is 19.5 Å². The average Bonchev–Trinajstić information content (AvgIpc) is 2.68. The van der Waals surface area contributed by atoms with Crippen LogP contribution in [0.1, 0.15) is 12.8 Å². The lowest BCUT2D eigenvalue weighted by atomic mass is 9.97. The molecule has 2 rings (SSSR count). The topological polar surface area (TPSA) is 68.1 Å². The van der Waals surface area contributed by atoms with Gasteiger partial charge in [0, 0.05) is 14.2 Å². The Kier molecular flexibility index (Phi) is 2.08. The number of hydrogen-bond donors (Lipinski definition) is 1. The van der Waals surface area contributed by atoms with Crippen molar-refractivity contribution in [2.75, 3.05) is 14.2 Å². The van der Waals surface area contributed by atoms with Gasteiger partial charge in [-0.1, -0.05) is 5.16 Å².